The van der Waals surface area contributed by atoms with Crippen molar-refractivity contribution in [3.05, 3.63) is 131 Å². The second-order valence-electron chi connectivity index (χ2n) is 17.3. The number of methoxy groups -OCH3 is 1. The summed E-state index contributed by atoms with van der Waals surface area (Å²) in [4.78, 5) is 83.9. The lowest BCUT2D eigenvalue weighted by Crippen LogP contribution is -2.58. The maximum absolute atomic E-state index is 14.6. The summed E-state index contributed by atoms with van der Waals surface area (Å²) < 4.78 is 5.79. The van der Waals surface area contributed by atoms with Crippen LogP contribution in [0.2, 0.25) is 0 Å². The molecule has 0 radical (unpaired) electrons. The Balaban J connectivity index is 1.05. The standard InChI is InChI=1S/C52H65N7O7/c1-36(53-2)49(62)57-48(41-17-11-6-12-18-41)52(65)59-35-45(66-3)31-44(59)34-58(30-28-38-15-9-5-10-16-38)47(61)33-56-51(64)43-25-21-40(22-26-43)39-19-23-42(24-20-39)50(63)55-32-46(60)54-29-27-37-13-7-4-8-14-37/h4-5,7-10,13-16,19-26,36,41,44-45,48,53H,6,11-12,17-18,27-35H2,1-3H3,(H,54,60)(H,55,63)(H,56,64)(H,57,62)/t36-,44-,45-,48-/m0/s1. The predicted octanol–water partition coefficient (Wildman–Crippen LogP) is 4.53. The molecule has 0 spiro atoms. The Morgan fingerprint density at radius 1 is 0.712 bits per heavy atom. The molecule has 1 heterocycles. The average molecular weight is 900 g/mol. The first kappa shape index (κ1) is 49.1. The van der Waals surface area contributed by atoms with E-state index in [9.17, 15) is 28.8 Å². The molecule has 2 fully saturated rings. The minimum absolute atomic E-state index is 0.0170. The van der Waals surface area contributed by atoms with E-state index in [0.29, 0.717) is 50.0 Å². The highest BCUT2D eigenvalue weighted by molar-refractivity contribution is 5.98. The van der Waals surface area contributed by atoms with Gasteiger partial charge in [-0.05, 0) is 98.5 Å². The van der Waals surface area contributed by atoms with E-state index >= 15 is 0 Å². The molecule has 0 aromatic heterocycles. The molecule has 6 rings (SSSR count). The molecule has 4 atom stereocenters. The number of rotatable bonds is 21. The minimum atomic E-state index is -0.682. The molecule has 5 N–H and O–H groups in total. The zero-order valence-corrected chi connectivity index (χ0v) is 38.4. The lowest BCUT2D eigenvalue weighted by molar-refractivity contribution is -0.141. The highest BCUT2D eigenvalue weighted by atomic mass is 16.5. The molecule has 1 aliphatic carbocycles. The molecular weight excluding hydrogens is 835 g/mol. The van der Waals surface area contributed by atoms with Crippen molar-refractivity contribution in [2.24, 2.45) is 5.92 Å². The number of nitrogens with one attached hydrogen (secondary N) is 5. The predicted molar refractivity (Wildman–Crippen MR) is 254 cm³/mol. The number of benzene rings is 4. The van der Waals surface area contributed by atoms with E-state index in [1.54, 1.807) is 79.4 Å². The number of hydrogen-bond donors (Lipinski definition) is 5. The summed E-state index contributed by atoms with van der Waals surface area (Å²) in [6.45, 7) is 2.83. The van der Waals surface area contributed by atoms with Crippen LogP contribution < -0.4 is 26.6 Å². The summed E-state index contributed by atoms with van der Waals surface area (Å²) in [6.07, 6.45) is 6.40. The lowest BCUT2D eigenvalue weighted by atomic mass is 9.83. The lowest BCUT2D eigenvalue weighted by Gasteiger charge is -2.36. The maximum Gasteiger partial charge on any atom is 0.251 e. The van der Waals surface area contributed by atoms with Crippen LogP contribution in [0.4, 0.5) is 0 Å². The molecule has 14 heteroatoms. The number of likely N-dealkylation sites (N-methyl/N-ethyl adjacent to an activating group) is 1. The highest BCUT2D eigenvalue weighted by Crippen LogP contribution is 2.30. The van der Waals surface area contributed by atoms with Gasteiger partial charge in [0.05, 0.1) is 31.3 Å². The summed E-state index contributed by atoms with van der Waals surface area (Å²) in [5.41, 5.74) is 4.61. The summed E-state index contributed by atoms with van der Waals surface area (Å²) >= 11 is 0. The Kier molecular flexibility index (Phi) is 18.4. The molecule has 4 aromatic carbocycles. The summed E-state index contributed by atoms with van der Waals surface area (Å²) in [6, 6.07) is 32.1. The van der Waals surface area contributed by atoms with Crippen LogP contribution in [0, 0.1) is 5.92 Å². The smallest absolute Gasteiger partial charge is 0.251 e. The zero-order valence-electron chi connectivity index (χ0n) is 38.4. The number of carbonyl (C=O) groups excluding carboxylic acids is 6. The molecule has 1 saturated carbocycles. The van der Waals surface area contributed by atoms with Crippen molar-refractivity contribution in [1.82, 2.24) is 36.4 Å². The number of nitrogens with zero attached hydrogens (tertiary/aromatic N) is 2. The molecule has 1 aliphatic heterocycles. The van der Waals surface area contributed by atoms with Crippen molar-refractivity contribution in [2.45, 2.75) is 82.5 Å². The van der Waals surface area contributed by atoms with Gasteiger partial charge in [0, 0.05) is 44.4 Å². The third kappa shape index (κ3) is 14.1. The molecule has 66 heavy (non-hydrogen) atoms. The van der Waals surface area contributed by atoms with Gasteiger partial charge in [-0.2, -0.15) is 0 Å². The van der Waals surface area contributed by atoms with Crippen LogP contribution >= 0.6 is 0 Å². The van der Waals surface area contributed by atoms with Crippen molar-refractivity contribution in [3.8, 4) is 11.1 Å². The quantitative estimate of drug-likeness (QED) is 0.0811. The molecule has 350 valence electrons. The topological polar surface area (TPSA) is 178 Å². The number of hydrogen-bond acceptors (Lipinski definition) is 8. The Bertz CT molecular complexity index is 2220. The van der Waals surface area contributed by atoms with Crippen LogP contribution in [0.1, 0.15) is 77.3 Å². The first-order chi connectivity index (χ1) is 32.0. The largest absolute Gasteiger partial charge is 0.380 e. The van der Waals surface area contributed by atoms with Gasteiger partial charge in [-0.3, -0.25) is 28.8 Å². The van der Waals surface area contributed by atoms with Crippen molar-refractivity contribution >= 4 is 35.4 Å². The summed E-state index contributed by atoms with van der Waals surface area (Å²) in [5.74, 6) is -1.68. The van der Waals surface area contributed by atoms with Gasteiger partial charge in [0.1, 0.15) is 6.04 Å². The van der Waals surface area contributed by atoms with Crippen molar-refractivity contribution in [2.75, 3.05) is 53.4 Å². The van der Waals surface area contributed by atoms with E-state index in [-0.39, 0.29) is 67.2 Å². The van der Waals surface area contributed by atoms with E-state index in [0.717, 1.165) is 54.4 Å². The molecule has 4 aromatic rings. The summed E-state index contributed by atoms with van der Waals surface area (Å²) in [5, 5.41) is 14.4. The zero-order chi connectivity index (χ0) is 46.8. The van der Waals surface area contributed by atoms with E-state index in [1.165, 1.54) is 0 Å². The van der Waals surface area contributed by atoms with Gasteiger partial charge in [0.25, 0.3) is 11.8 Å². The Morgan fingerprint density at radius 3 is 1.83 bits per heavy atom. The minimum Gasteiger partial charge on any atom is -0.380 e. The third-order valence-corrected chi connectivity index (χ3v) is 12.8. The molecule has 1 saturated heterocycles. The van der Waals surface area contributed by atoms with Crippen molar-refractivity contribution < 1.29 is 33.5 Å². The van der Waals surface area contributed by atoms with Gasteiger partial charge in [0.15, 0.2) is 0 Å². The van der Waals surface area contributed by atoms with Crippen molar-refractivity contribution in [3.63, 3.8) is 0 Å². The fourth-order valence-electron chi connectivity index (χ4n) is 8.72. The fourth-order valence-corrected chi connectivity index (χ4v) is 8.72. The van der Waals surface area contributed by atoms with Crippen LogP contribution in [0.5, 0.6) is 0 Å². The first-order valence-electron chi connectivity index (χ1n) is 23.2. The number of likely N-dealkylation sites (tertiary alicyclic amines) is 1. The summed E-state index contributed by atoms with van der Waals surface area (Å²) in [7, 11) is 3.34. The van der Waals surface area contributed by atoms with Crippen LogP contribution in [-0.4, -0.2) is 123 Å². The average Bonchev–Trinajstić information content (AvgIpc) is 3.78. The van der Waals surface area contributed by atoms with Crippen LogP contribution in [0.15, 0.2) is 109 Å². The molecule has 14 nitrogen and oxygen atoms in total. The molecule has 0 bridgehead atoms. The van der Waals surface area contributed by atoms with Gasteiger partial charge in [-0.15, -0.1) is 0 Å². The van der Waals surface area contributed by atoms with Crippen LogP contribution in [0.25, 0.3) is 11.1 Å². The second kappa shape index (κ2) is 24.8. The van der Waals surface area contributed by atoms with Gasteiger partial charge in [-0.1, -0.05) is 104 Å². The van der Waals surface area contributed by atoms with E-state index in [4.69, 9.17) is 4.74 Å². The number of amides is 6. The molecule has 0 unspecified atom stereocenters. The SMILES string of the molecule is CN[C@@H](C)C(=O)N[C@H](C(=O)N1C[C@@H](OC)C[C@H]1CN(CCc1ccccc1)C(=O)CNC(=O)c1ccc(-c2ccc(C(=O)NCC(=O)NCCc3ccccc3)cc2)cc1)C1CCCCC1. The number of carbonyl (C=O) groups is 6. The van der Waals surface area contributed by atoms with Gasteiger partial charge < -0.3 is 41.1 Å². The molecule has 2 aliphatic rings. The van der Waals surface area contributed by atoms with Crippen LogP contribution in [-0.2, 0) is 36.8 Å². The van der Waals surface area contributed by atoms with Crippen LogP contribution in [0.3, 0.4) is 0 Å². The monoisotopic (exact) mass is 899 g/mol. The van der Waals surface area contributed by atoms with E-state index < -0.39 is 18.0 Å². The normalized spacial score (nSPS) is 17.0. The second-order valence-corrected chi connectivity index (χ2v) is 17.3. The fraction of sp³-hybridized carbons (Fsp3) is 0.423. The number of ether oxygens (including phenoxy) is 1. The highest BCUT2D eigenvalue weighted by Gasteiger charge is 2.42. The van der Waals surface area contributed by atoms with Gasteiger partial charge >= 0.3 is 0 Å². The molecular formula is C52H65N7O7. The van der Waals surface area contributed by atoms with Gasteiger partial charge in [-0.25, -0.2) is 0 Å². The van der Waals surface area contributed by atoms with Gasteiger partial charge in [0.2, 0.25) is 23.6 Å². The third-order valence-electron chi connectivity index (χ3n) is 12.8. The van der Waals surface area contributed by atoms with E-state index in [2.05, 4.69) is 26.6 Å². The van der Waals surface area contributed by atoms with E-state index in [1.807, 2.05) is 60.7 Å². The Labute approximate surface area is 388 Å². The maximum atomic E-state index is 14.6. The Hall–Kier alpha value is -6.38. The molecule has 6 amide bonds. The first-order valence-corrected chi connectivity index (χ1v) is 23.2. The Morgan fingerprint density at radius 2 is 1.27 bits per heavy atom. The van der Waals surface area contributed by atoms with Crippen molar-refractivity contribution in [1.29, 1.82) is 0 Å².